The summed E-state index contributed by atoms with van der Waals surface area (Å²) in [6.07, 6.45) is 0. The molecule has 32 valence electrons. The Labute approximate surface area is 62.1 Å². The second-order valence-electron chi connectivity index (χ2n) is 0.984. The second-order valence-corrected chi connectivity index (χ2v) is 4.02. The van der Waals surface area contributed by atoms with E-state index in [0.717, 1.165) is 3.21 Å². The van der Waals surface area contributed by atoms with Gasteiger partial charge >= 0.3 is 62.4 Å². The molecule has 0 amide bonds. The zero-order valence-corrected chi connectivity index (χ0v) is 7.30. The molecule has 0 aromatic heterocycles. The summed E-state index contributed by atoms with van der Waals surface area (Å²) in [7, 11) is 0. The van der Waals surface area contributed by atoms with Crippen molar-refractivity contribution in [2.75, 3.05) is 0 Å². The molecule has 0 bridgehead atoms. The van der Waals surface area contributed by atoms with Gasteiger partial charge in [0.1, 0.15) is 0 Å². The molecule has 0 unspecified atom stereocenters. The molecular weight excluding hydrogens is 198 g/mol. The van der Waals surface area contributed by atoms with Gasteiger partial charge in [-0.25, -0.2) is 0 Å². The van der Waals surface area contributed by atoms with E-state index in [-0.39, 0.29) is 4.84 Å². The fourth-order valence-corrected chi connectivity index (χ4v) is 0. The van der Waals surface area contributed by atoms with Gasteiger partial charge in [-0.1, -0.05) is 0 Å². The average Bonchev–Trinajstić information content (AvgIpc) is 1.36. The molecule has 0 aromatic carbocycles. The zero-order chi connectivity index (χ0) is 5.15. The maximum atomic E-state index is 5.36. The van der Waals surface area contributed by atoms with Crippen LogP contribution in [0.2, 0.25) is 0 Å². The molecule has 0 aromatic rings. The molecule has 0 N–H and O–H groups in total. The normalized spacial score (nSPS) is 9.67. The number of rotatable bonds is 1. The van der Waals surface area contributed by atoms with Gasteiger partial charge in [-0.15, -0.1) is 0 Å². The molecule has 0 heterocycles. The van der Waals surface area contributed by atoms with E-state index in [9.17, 15) is 0 Å². The molecular formula is C3H4Cl2Zr+2. The van der Waals surface area contributed by atoms with Crippen molar-refractivity contribution in [1.82, 2.24) is 0 Å². The summed E-state index contributed by atoms with van der Waals surface area (Å²) in [5.41, 5.74) is 0. The van der Waals surface area contributed by atoms with E-state index in [1.807, 2.05) is 6.92 Å². The molecule has 0 nitrogen and oxygen atoms in total. The van der Waals surface area contributed by atoms with Crippen molar-refractivity contribution >= 4 is 26.4 Å². The summed E-state index contributed by atoms with van der Waals surface area (Å²) in [6, 6.07) is 0. The van der Waals surface area contributed by atoms with Gasteiger partial charge in [-0.05, 0) is 0 Å². The van der Waals surface area contributed by atoms with Crippen molar-refractivity contribution in [3.05, 3.63) is 0 Å². The molecule has 6 heavy (non-hydrogen) atoms. The maximum absolute atomic E-state index is 5.36. The molecule has 3 heteroatoms. The minimum absolute atomic E-state index is 0.247. The summed E-state index contributed by atoms with van der Waals surface area (Å²) in [5, 5.41) is 0. The summed E-state index contributed by atoms with van der Waals surface area (Å²) < 4.78 is 1.13. The molecule has 0 saturated carbocycles. The van der Waals surface area contributed by atoms with E-state index < -0.39 is 0 Å². The van der Waals surface area contributed by atoms with Crippen LogP contribution < -0.4 is 0 Å². The van der Waals surface area contributed by atoms with Crippen molar-refractivity contribution in [3.63, 3.8) is 0 Å². The van der Waals surface area contributed by atoms with Gasteiger partial charge in [0, 0.05) is 0 Å². The molecule has 0 atom stereocenters. The first-order valence-corrected chi connectivity index (χ1v) is 3.58. The fraction of sp³-hybridized carbons (Fsp3) is 0.667. The first-order valence-electron chi connectivity index (χ1n) is 1.48. The number of hydrogen-bond acceptors (Lipinski definition) is 0. The van der Waals surface area contributed by atoms with Crippen molar-refractivity contribution in [2.45, 2.75) is 11.8 Å². The molecule has 0 saturated heterocycles. The van der Waals surface area contributed by atoms with Crippen molar-refractivity contribution in [1.29, 1.82) is 0 Å². The van der Waals surface area contributed by atoms with Crippen LogP contribution in [0, 0.1) is 0 Å². The van der Waals surface area contributed by atoms with Crippen molar-refractivity contribution in [2.24, 2.45) is 0 Å². The van der Waals surface area contributed by atoms with Crippen LogP contribution >= 0.6 is 23.2 Å². The predicted molar refractivity (Wildman–Crippen MR) is 26.2 cm³/mol. The third kappa shape index (κ3) is 3.52. The van der Waals surface area contributed by atoms with Crippen LogP contribution in [0.4, 0.5) is 0 Å². The third-order valence-electron chi connectivity index (χ3n) is 0.327. The second kappa shape index (κ2) is 3.35. The molecule has 0 radical (unpaired) electrons. The van der Waals surface area contributed by atoms with E-state index in [1.54, 1.807) is 0 Å². The van der Waals surface area contributed by atoms with Crippen LogP contribution in [0.3, 0.4) is 0 Å². The number of alkyl halides is 2. The van der Waals surface area contributed by atoms with Crippen LogP contribution in [0.1, 0.15) is 6.92 Å². The minimum atomic E-state index is -0.247. The molecule has 0 fully saturated rings. The van der Waals surface area contributed by atoms with Crippen molar-refractivity contribution < 1.29 is 24.2 Å². The number of halogens is 2. The first-order chi connectivity index (χ1) is 2.64. The summed E-state index contributed by atoms with van der Waals surface area (Å²) in [4.78, 5) is -0.247. The Balaban J connectivity index is 3.26. The van der Waals surface area contributed by atoms with Crippen LogP contribution in [0.5, 0.6) is 0 Å². The summed E-state index contributed by atoms with van der Waals surface area (Å²) in [5.74, 6) is 0. The van der Waals surface area contributed by atoms with Crippen LogP contribution in [-0.4, -0.2) is 8.04 Å². The number of hydrogen-bond donors (Lipinski definition) is 0. The SMILES string of the molecule is C[C](=[Zr+2])C(Cl)Cl. The van der Waals surface area contributed by atoms with Gasteiger partial charge in [0.05, 0.1) is 0 Å². The first kappa shape index (κ1) is 7.33. The molecule has 0 aliphatic rings. The molecule has 0 aliphatic heterocycles. The van der Waals surface area contributed by atoms with Crippen LogP contribution in [0.15, 0.2) is 0 Å². The van der Waals surface area contributed by atoms with Crippen LogP contribution in [-0.2, 0) is 24.2 Å². The Morgan fingerprint density at radius 3 is 1.83 bits per heavy atom. The fourth-order valence-electron chi connectivity index (χ4n) is 0. The van der Waals surface area contributed by atoms with E-state index in [2.05, 4.69) is 0 Å². The summed E-state index contributed by atoms with van der Waals surface area (Å²) >= 11 is 12.0. The van der Waals surface area contributed by atoms with Gasteiger partial charge in [-0.3, -0.25) is 0 Å². The molecule has 0 rings (SSSR count). The standard InChI is InChI=1S/C3H4Cl2.Zr/c1-2-3(4)5;/h3H,1H3;/q;+2. The van der Waals surface area contributed by atoms with Gasteiger partial charge in [0.15, 0.2) is 0 Å². The van der Waals surface area contributed by atoms with Gasteiger partial charge in [0.25, 0.3) is 0 Å². The van der Waals surface area contributed by atoms with Gasteiger partial charge in [-0.2, -0.15) is 0 Å². The monoisotopic (exact) mass is 200 g/mol. The van der Waals surface area contributed by atoms with Gasteiger partial charge in [0.2, 0.25) is 0 Å². The van der Waals surface area contributed by atoms with E-state index >= 15 is 0 Å². The van der Waals surface area contributed by atoms with Crippen molar-refractivity contribution in [3.8, 4) is 0 Å². The Hall–Kier alpha value is 1.33. The summed E-state index contributed by atoms with van der Waals surface area (Å²) in [6.45, 7) is 1.93. The Morgan fingerprint density at radius 1 is 1.67 bits per heavy atom. The van der Waals surface area contributed by atoms with E-state index in [1.165, 1.54) is 24.2 Å². The zero-order valence-electron chi connectivity index (χ0n) is 3.33. The Morgan fingerprint density at radius 2 is 1.83 bits per heavy atom. The van der Waals surface area contributed by atoms with Crippen LogP contribution in [0.25, 0.3) is 0 Å². The Bertz CT molecular complexity index is 59.8. The quantitative estimate of drug-likeness (QED) is 0.566. The molecule has 0 spiro atoms. The van der Waals surface area contributed by atoms with E-state index in [0.29, 0.717) is 0 Å². The van der Waals surface area contributed by atoms with E-state index in [4.69, 9.17) is 23.2 Å². The average molecular weight is 202 g/mol. The third-order valence-corrected chi connectivity index (χ3v) is 2.59. The molecule has 0 aliphatic carbocycles. The Kier molecular flexibility index (Phi) is 4.09. The van der Waals surface area contributed by atoms with Gasteiger partial charge < -0.3 is 0 Å². The topological polar surface area (TPSA) is 0 Å². The predicted octanol–water partition coefficient (Wildman–Crippen LogP) is 1.53.